The second-order valence-corrected chi connectivity index (χ2v) is 7.91. The molecule has 8 heteroatoms. The molecule has 0 saturated carbocycles. The standard InChI is InChI=1S/C21H19ClFN5O/c1-12-19(28-9-6-14(22)10-18(28)24-12)21(29)27-7-4-13(5-8-27)20-25-16-3-2-15(23)11-17(16)26-20/h2-3,6,9-11,13H,4-5,7-8H2,1H3,(H,25,26). The highest BCUT2D eigenvalue weighted by Crippen LogP contribution is 2.29. The van der Waals surface area contributed by atoms with Gasteiger partial charge in [0.05, 0.1) is 16.7 Å². The molecule has 0 bridgehead atoms. The van der Waals surface area contributed by atoms with Crippen LogP contribution in [0.4, 0.5) is 4.39 Å². The van der Waals surface area contributed by atoms with Crippen molar-refractivity contribution < 1.29 is 9.18 Å². The highest BCUT2D eigenvalue weighted by molar-refractivity contribution is 6.30. The molecule has 0 aliphatic carbocycles. The van der Waals surface area contributed by atoms with Gasteiger partial charge in [0, 0.05) is 36.3 Å². The highest BCUT2D eigenvalue weighted by Gasteiger charge is 2.29. The maximum Gasteiger partial charge on any atom is 0.272 e. The Morgan fingerprint density at radius 2 is 2.00 bits per heavy atom. The van der Waals surface area contributed by atoms with Crippen molar-refractivity contribution in [1.82, 2.24) is 24.3 Å². The van der Waals surface area contributed by atoms with E-state index in [4.69, 9.17) is 11.6 Å². The van der Waals surface area contributed by atoms with Gasteiger partial charge < -0.3 is 9.88 Å². The van der Waals surface area contributed by atoms with Crippen molar-refractivity contribution in [2.75, 3.05) is 13.1 Å². The van der Waals surface area contributed by atoms with Gasteiger partial charge in [0.2, 0.25) is 0 Å². The van der Waals surface area contributed by atoms with Gasteiger partial charge in [-0.15, -0.1) is 0 Å². The van der Waals surface area contributed by atoms with E-state index < -0.39 is 0 Å². The summed E-state index contributed by atoms with van der Waals surface area (Å²) < 4.78 is 15.2. The average Bonchev–Trinajstić information content (AvgIpc) is 3.26. The molecular formula is C21H19ClFN5O. The summed E-state index contributed by atoms with van der Waals surface area (Å²) in [6, 6.07) is 8.07. The van der Waals surface area contributed by atoms with Crippen molar-refractivity contribution in [3.8, 4) is 0 Å². The molecule has 0 unspecified atom stereocenters. The normalized spacial score (nSPS) is 15.5. The van der Waals surface area contributed by atoms with E-state index in [2.05, 4.69) is 15.0 Å². The van der Waals surface area contributed by atoms with Crippen LogP contribution in [0.3, 0.4) is 0 Å². The number of rotatable bonds is 2. The minimum Gasteiger partial charge on any atom is -0.342 e. The first-order chi connectivity index (χ1) is 14.0. The quantitative estimate of drug-likeness (QED) is 0.533. The molecule has 0 atom stereocenters. The Hall–Kier alpha value is -2.93. The lowest BCUT2D eigenvalue weighted by Gasteiger charge is -2.31. The van der Waals surface area contributed by atoms with E-state index in [-0.39, 0.29) is 17.6 Å². The fraction of sp³-hybridized carbons (Fsp3) is 0.286. The summed E-state index contributed by atoms with van der Waals surface area (Å²) in [4.78, 5) is 27.3. The maximum atomic E-state index is 13.4. The summed E-state index contributed by atoms with van der Waals surface area (Å²) >= 11 is 6.04. The molecule has 1 aliphatic heterocycles. The van der Waals surface area contributed by atoms with Crippen LogP contribution in [0.15, 0.2) is 36.5 Å². The lowest BCUT2D eigenvalue weighted by molar-refractivity contribution is 0.0703. The maximum absolute atomic E-state index is 13.4. The average molecular weight is 412 g/mol. The van der Waals surface area contributed by atoms with Crippen LogP contribution in [0.1, 0.15) is 40.8 Å². The number of halogens is 2. The van der Waals surface area contributed by atoms with Crippen molar-refractivity contribution in [1.29, 1.82) is 0 Å². The molecule has 1 N–H and O–H groups in total. The summed E-state index contributed by atoms with van der Waals surface area (Å²) in [7, 11) is 0. The van der Waals surface area contributed by atoms with Gasteiger partial charge in [-0.05, 0) is 44.0 Å². The highest BCUT2D eigenvalue weighted by atomic mass is 35.5. The number of amides is 1. The molecule has 0 spiro atoms. The van der Waals surface area contributed by atoms with Gasteiger partial charge in [0.25, 0.3) is 5.91 Å². The number of carbonyl (C=O) groups is 1. The van der Waals surface area contributed by atoms with E-state index in [9.17, 15) is 9.18 Å². The SMILES string of the molecule is Cc1nc2cc(Cl)ccn2c1C(=O)N1CCC(c2nc3ccc(F)cc3[nH]2)CC1. The minimum atomic E-state index is -0.280. The molecule has 1 amide bonds. The number of fused-ring (bicyclic) bond motifs is 2. The van der Waals surface area contributed by atoms with Gasteiger partial charge in [0.15, 0.2) is 0 Å². The Morgan fingerprint density at radius 3 is 2.79 bits per heavy atom. The topological polar surface area (TPSA) is 66.3 Å². The second kappa shape index (κ2) is 6.84. The Morgan fingerprint density at radius 1 is 1.21 bits per heavy atom. The lowest BCUT2D eigenvalue weighted by atomic mass is 9.96. The van der Waals surface area contributed by atoms with Crippen LogP contribution in [-0.2, 0) is 0 Å². The van der Waals surface area contributed by atoms with Crippen LogP contribution in [-0.4, -0.2) is 43.2 Å². The summed E-state index contributed by atoms with van der Waals surface area (Å²) in [5.74, 6) is 0.773. The molecule has 5 rings (SSSR count). The van der Waals surface area contributed by atoms with Gasteiger partial charge in [-0.25, -0.2) is 14.4 Å². The number of H-pyrrole nitrogens is 1. The number of benzene rings is 1. The number of nitrogens with zero attached hydrogens (tertiary/aromatic N) is 4. The number of imidazole rings is 2. The number of hydrogen-bond donors (Lipinski definition) is 1. The van der Waals surface area contributed by atoms with E-state index in [0.29, 0.717) is 40.7 Å². The Balaban J connectivity index is 1.35. The molecule has 1 saturated heterocycles. The first kappa shape index (κ1) is 18.1. The van der Waals surface area contributed by atoms with Crippen LogP contribution in [0.5, 0.6) is 0 Å². The number of aromatic amines is 1. The summed E-state index contributed by atoms with van der Waals surface area (Å²) in [5.41, 5.74) is 3.41. The third kappa shape index (κ3) is 3.15. The van der Waals surface area contributed by atoms with E-state index >= 15 is 0 Å². The largest absolute Gasteiger partial charge is 0.342 e. The van der Waals surface area contributed by atoms with Crippen molar-refractivity contribution in [2.45, 2.75) is 25.7 Å². The number of piperidine rings is 1. The van der Waals surface area contributed by atoms with Crippen LogP contribution in [0.25, 0.3) is 16.7 Å². The minimum absolute atomic E-state index is 0.0255. The van der Waals surface area contributed by atoms with Crippen molar-refractivity contribution in [3.63, 3.8) is 0 Å². The third-order valence-corrected chi connectivity index (χ3v) is 5.83. The zero-order valence-corrected chi connectivity index (χ0v) is 16.6. The Bertz CT molecular complexity index is 1240. The second-order valence-electron chi connectivity index (χ2n) is 7.47. The van der Waals surface area contributed by atoms with Gasteiger partial charge in [-0.3, -0.25) is 9.20 Å². The molecule has 3 aromatic heterocycles. The summed E-state index contributed by atoms with van der Waals surface area (Å²) in [5, 5.41) is 0.591. The number of aryl methyl sites for hydroxylation is 1. The molecule has 1 fully saturated rings. The number of hydrogen-bond acceptors (Lipinski definition) is 3. The number of pyridine rings is 1. The zero-order valence-electron chi connectivity index (χ0n) is 15.8. The van der Waals surface area contributed by atoms with Gasteiger partial charge >= 0.3 is 0 Å². The van der Waals surface area contributed by atoms with E-state index in [1.165, 1.54) is 12.1 Å². The predicted molar refractivity (Wildman–Crippen MR) is 109 cm³/mol. The van der Waals surface area contributed by atoms with Crippen LogP contribution < -0.4 is 0 Å². The third-order valence-electron chi connectivity index (χ3n) is 5.60. The van der Waals surface area contributed by atoms with Gasteiger partial charge in [-0.2, -0.15) is 0 Å². The first-order valence-electron chi connectivity index (χ1n) is 9.58. The zero-order chi connectivity index (χ0) is 20.1. The monoisotopic (exact) mass is 411 g/mol. The summed E-state index contributed by atoms with van der Waals surface area (Å²) in [6.45, 7) is 3.11. The summed E-state index contributed by atoms with van der Waals surface area (Å²) in [6.07, 6.45) is 3.39. The van der Waals surface area contributed by atoms with Crippen molar-refractivity contribution in [2.24, 2.45) is 0 Å². The molecule has 1 aliphatic rings. The molecular weight excluding hydrogens is 393 g/mol. The smallest absolute Gasteiger partial charge is 0.272 e. The van der Waals surface area contributed by atoms with E-state index in [0.717, 1.165) is 24.2 Å². The Labute approximate surface area is 171 Å². The molecule has 4 aromatic rings. The number of nitrogens with one attached hydrogen (secondary N) is 1. The van der Waals surface area contributed by atoms with Gasteiger partial charge in [0.1, 0.15) is 23.0 Å². The number of carbonyl (C=O) groups excluding carboxylic acids is 1. The number of aromatic nitrogens is 4. The van der Waals surface area contributed by atoms with Crippen molar-refractivity contribution >= 4 is 34.2 Å². The van der Waals surface area contributed by atoms with Crippen LogP contribution in [0, 0.1) is 12.7 Å². The fourth-order valence-corrected chi connectivity index (χ4v) is 4.25. The molecule has 29 heavy (non-hydrogen) atoms. The van der Waals surface area contributed by atoms with Crippen LogP contribution >= 0.6 is 11.6 Å². The molecule has 1 aromatic carbocycles. The van der Waals surface area contributed by atoms with Gasteiger partial charge in [-0.1, -0.05) is 11.6 Å². The molecule has 148 valence electrons. The molecule has 6 nitrogen and oxygen atoms in total. The predicted octanol–water partition coefficient (Wildman–Crippen LogP) is 4.33. The Kier molecular flexibility index (Phi) is 4.28. The molecule has 0 radical (unpaired) electrons. The number of likely N-dealkylation sites (tertiary alicyclic amines) is 1. The lowest BCUT2D eigenvalue weighted by Crippen LogP contribution is -2.38. The van der Waals surface area contributed by atoms with E-state index in [1.807, 2.05) is 11.8 Å². The van der Waals surface area contributed by atoms with E-state index in [1.54, 1.807) is 28.8 Å². The first-order valence-corrected chi connectivity index (χ1v) is 9.96. The van der Waals surface area contributed by atoms with Crippen LogP contribution in [0.2, 0.25) is 5.02 Å². The fourth-order valence-electron chi connectivity index (χ4n) is 4.10. The molecule has 4 heterocycles. The van der Waals surface area contributed by atoms with Crippen molar-refractivity contribution in [3.05, 3.63) is 64.6 Å².